The second kappa shape index (κ2) is 5.72. The van der Waals surface area contributed by atoms with Crippen molar-refractivity contribution in [3.8, 4) is 12.3 Å². The van der Waals surface area contributed by atoms with E-state index >= 15 is 0 Å². The third-order valence-corrected chi connectivity index (χ3v) is 2.76. The molecule has 0 amide bonds. The Labute approximate surface area is 108 Å². The topological polar surface area (TPSA) is 46.9 Å². The average molecular weight is 247 g/mol. The molecule has 0 fully saturated rings. The number of hydrogen-bond acceptors (Lipinski definition) is 3. The lowest BCUT2D eigenvalue weighted by molar-refractivity contribution is 0.383. The molecule has 1 rings (SSSR count). The van der Waals surface area contributed by atoms with Gasteiger partial charge in [0.15, 0.2) is 5.82 Å². The predicted molar refractivity (Wildman–Crippen MR) is 74.6 cm³/mol. The number of hydrogen-bond donors (Lipinski definition) is 1. The van der Waals surface area contributed by atoms with Crippen LogP contribution in [-0.2, 0) is 5.54 Å². The molecule has 0 aromatic carbocycles. The molecule has 0 spiro atoms. The summed E-state index contributed by atoms with van der Waals surface area (Å²) in [6.45, 7) is 7.98. The smallest absolute Gasteiger partial charge is 0.293 e. The Kier molecular flexibility index (Phi) is 4.55. The van der Waals surface area contributed by atoms with Gasteiger partial charge < -0.3 is 9.88 Å². The van der Waals surface area contributed by atoms with E-state index in [1.54, 1.807) is 17.0 Å². The van der Waals surface area contributed by atoms with Crippen LogP contribution in [0, 0.1) is 12.3 Å². The molecule has 0 aliphatic carbocycles. The lowest BCUT2D eigenvalue weighted by atomic mass is 10.1. The summed E-state index contributed by atoms with van der Waals surface area (Å²) >= 11 is 0. The summed E-state index contributed by atoms with van der Waals surface area (Å²) in [6.07, 6.45) is 10.1. The number of anilines is 1. The van der Waals surface area contributed by atoms with E-state index in [4.69, 9.17) is 6.42 Å². The van der Waals surface area contributed by atoms with Crippen LogP contribution >= 0.6 is 0 Å². The number of rotatable bonds is 4. The highest BCUT2D eigenvalue weighted by Crippen LogP contribution is 2.11. The van der Waals surface area contributed by atoms with Crippen molar-refractivity contribution in [3.63, 3.8) is 0 Å². The second-order valence-electron chi connectivity index (χ2n) is 5.28. The highest BCUT2D eigenvalue weighted by atomic mass is 16.1. The van der Waals surface area contributed by atoms with Gasteiger partial charge in [-0.05, 0) is 27.2 Å². The Morgan fingerprint density at radius 1 is 1.56 bits per heavy atom. The second-order valence-corrected chi connectivity index (χ2v) is 5.28. The largest absolute Gasteiger partial charge is 0.362 e. The lowest BCUT2D eigenvalue weighted by Gasteiger charge is -2.23. The van der Waals surface area contributed by atoms with Crippen LogP contribution in [0.5, 0.6) is 0 Å². The molecule has 18 heavy (non-hydrogen) atoms. The molecule has 98 valence electrons. The molecule has 1 heterocycles. The van der Waals surface area contributed by atoms with Crippen molar-refractivity contribution in [1.29, 1.82) is 0 Å². The van der Waals surface area contributed by atoms with Crippen LogP contribution in [0.3, 0.4) is 0 Å². The molecular formula is C14H21N3O. The van der Waals surface area contributed by atoms with Gasteiger partial charge in [0.05, 0.1) is 0 Å². The fourth-order valence-corrected chi connectivity index (χ4v) is 1.67. The molecule has 0 aliphatic rings. The first-order valence-electron chi connectivity index (χ1n) is 6.18. The van der Waals surface area contributed by atoms with Crippen LogP contribution in [0.4, 0.5) is 5.82 Å². The fourth-order valence-electron chi connectivity index (χ4n) is 1.67. The summed E-state index contributed by atoms with van der Waals surface area (Å²) < 4.78 is 1.67. The summed E-state index contributed by atoms with van der Waals surface area (Å²) in [5.41, 5.74) is -0.370. The molecule has 0 radical (unpaired) electrons. The monoisotopic (exact) mass is 247 g/mol. The maximum Gasteiger partial charge on any atom is 0.293 e. The third kappa shape index (κ3) is 3.36. The van der Waals surface area contributed by atoms with E-state index in [9.17, 15) is 4.79 Å². The zero-order valence-corrected chi connectivity index (χ0v) is 11.5. The van der Waals surface area contributed by atoms with Gasteiger partial charge in [-0.25, -0.2) is 4.98 Å². The van der Waals surface area contributed by atoms with E-state index < -0.39 is 0 Å². The first-order valence-corrected chi connectivity index (χ1v) is 6.18. The van der Waals surface area contributed by atoms with E-state index in [1.165, 1.54) is 0 Å². The van der Waals surface area contributed by atoms with E-state index in [0.29, 0.717) is 12.2 Å². The lowest BCUT2D eigenvalue weighted by Crippen LogP contribution is -2.36. The normalized spacial score (nSPS) is 12.8. The van der Waals surface area contributed by atoms with E-state index in [0.717, 1.165) is 6.42 Å². The fraction of sp³-hybridized carbons (Fsp3) is 0.571. The Morgan fingerprint density at radius 3 is 2.72 bits per heavy atom. The van der Waals surface area contributed by atoms with Gasteiger partial charge in [-0.15, -0.1) is 12.3 Å². The van der Waals surface area contributed by atoms with E-state index in [2.05, 4.69) is 16.2 Å². The van der Waals surface area contributed by atoms with Gasteiger partial charge in [-0.3, -0.25) is 4.79 Å². The van der Waals surface area contributed by atoms with Crippen LogP contribution < -0.4 is 10.9 Å². The summed E-state index contributed by atoms with van der Waals surface area (Å²) in [5, 5.41) is 3.12. The summed E-state index contributed by atoms with van der Waals surface area (Å²) in [5.74, 6) is 2.97. The average Bonchev–Trinajstić information content (AvgIpc) is 2.29. The van der Waals surface area contributed by atoms with Crippen molar-refractivity contribution in [2.24, 2.45) is 0 Å². The van der Waals surface area contributed by atoms with Crippen molar-refractivity contribution in [1.82, 2.24) is 9.55 Å². The Morgan fingerprint density at radius 2 is 2.22 bits per heavy atom. The molecule has 1 unspecified atom stereocenters. The van der Waals surface area contributed by atoms with Gasteiger partial charge in [0, 0.05) is 30.4 Å². The zero-order chi connectivity index (χ0) is 13.8. The quantitative estimate of drug-likeness (QED) is 0.830. The maximum absolute atomic E-state index is 12.3. The molecule has 4 nitrogen and oxygen atoms in total. The predicted octanol–water partition coefficient (Wildman–Crippen LogP) is 2.21. The third-order valence-electron chi connectivity index (χ3n) is 2.76. The molecule has 1 N–H and O–H groups in total. The molecule has 1 aromatic rings. The SMILES string of the molecule is C#CCC(CC)Nc1nccn(C(C)(C)C)c1=O. The molecule has 0 saturated carbocycles. The van der Waals surface area contributed by atoms with Crippen molar-refractivity contribution in [3.05, 3.63) is 22.7 Å². The number of aromatic nitrogens is 2. The van der Waals surface area contributed by atoms with Gasteiger partial charge in [0.2, 0.25) is 0 Å². The summed E-state index contributed by atoms with van der Waals surface area (Å²) in [6, 6.07) is 0.0889. The first kappa shape index (κ1) is 14.3. The summed E-state index contributed by atoms with van der Waals surface area (Å²) in [4.78, 5) is 16.4. The number of nitrogens with zero attached hydrogens (tertiary/aromatic N) is 2. The van der Waals surface area contributed by atoms with Gasteiger partial charge in [0.25, 0.3) is 5.56 Å². The van der Waals surface area contributed by atoms with Crippen molar-refractivity contribution >= 4 is 5.82 Å². The van der Waals surface area contributed by atoms with E-state index in [-0.39, 0.29) is 17.1 Å². The zero-order valence-electron chi connectivity index (χ0n) is 11.5. The number of terminal acetylenes is 1. The molecule has 1 aromatic heterocycles. The van der Waals surface area contributed by atoms with Crippen LogP contribution in [0.25, 0.3) is 0 Å². The van der Waals surface area contributed by atoms with Crippen LogP contribution in [0.2, 0.25) is 0 Å². The standard InChI is InChI=1S/C14H21N3O/c1-6-8-11(7-2)16-12-13(18)17(10-9-15-12)14(3,4)5/h1,9-11H,7-8H2,2-5H3,(H,15,16). The van der Waals surface area contributed by atoms with Gasteiger partial charge in [-0.2, -0.15) is 0 Å². The molecule has 0 aliphatic heterocycles. The Bertz CT molecular complexity index is 491. The highest BCUT2D eigenvalue weighted by Gasteiger charge is 2.17. The molecule has 0 saturated heterocycles. The van der Waals surface area contributed by atoms with Crippen LogP contribution in [0.15, 0.2) is 17.2 Å². The minimum Gasteiger partial charge on any atom is -0.362 e. The van der Waals surface area contributed by atoms with Gasteiger partial charge >= 0.3 is 0 Å². The van der Waals surface area contributed by atoms with Crippen LogP contribution in [-0.4, -0.2) is 15.6 Å². The van der Waals surface area contributed by atoms with Crippen molar-refractivity contribution in [2.45, 2.75) is 52.1 Å². The first-order chi connectivity index (χ1) is 8.40. The number of nitrogens with one attached hydrogen (secondary N) is 1. The van der Waals surface area contributed by atoms with Crippen molar-refractivity contribution < 1.29 is 0 Å². The van der Waals surface area contributed by atoms with Gasteiger partial charge in [0.1, 0.15) is 0 Å². The molecule has 0 bridgehead atoms. The van der Waals surface area contributed by atoms with Gasteiger partial charge in [-0.1, -0.05) is 6.92 Å². The Hall–Kier alpha value is -1.76. The summed E-state index contributed by atoms with van der Waals surface area (Å²) in [7, 11) is 0. The molecule has 1 atom stereocenters. The van der Waals surface area contributed by atoms with Crippen molar-refractivity contribution in [2.75, 3.05) is 5.32 Å². The van der Waals surface area contributed by atoms with Crippen LogP contribution in [0.1, 0.15) is 40.5 Å². The minimum absolute atomic E-state index is 0.0889. The molecule has 4 heteroatoms. The maximum atomic E-state index is 12.3. The van der Waals surface area contributed by atoms with E-state index in [1.807, 2.05) is 27.7 Å². The Balaban J connectivity index is 3.05. The minimum atomic E-state index is -0.260. The molecular weight excluding hydrogens is 226 g/mol. The highest BCUT2D eigenvalue weighted by molar-refractivity contribution is 5.33.